The fourth-order valence-electron chi connectivity index (χ4n) is 4.27. The van der Waals surface area contributed by atoms with Crippen LogP contribution in [0.4, 0.5) is 23.2 Å². The van der Waals surface area contributed by atoms with Gasteiger partial charge in [-0.05, 0) is 29.8 Å². The lowest BCUT2D eigenvalue weighted by Crippen LogP contribution is -2.27. The zero-order valence-electron chi connectivity index (χ0n) is 20.7. The van der Waals surface area contributed by atoms with Gasteiger partial charge < -0.3 is 14.8 Å². The fourth-order valence-corrected chi connectivity index (χ4v) is 4.27. The van der Waals surface area contributed by atoms with Crippen molar-refractivity contribution in [1.82, 2.24) is 19.4 Å². The zero-order valence-corrected chi connectivity index (χ0v) is 20.7. The quantitative estimate of drug-likeness (QED) is 0.269. The number of amides is 1. The van der Waals surface area contributed by atoms with Crippen LogP contribution in [0.3, 0.4) is 0 Å². The number of nitrogens with one attached hydrogen (secondary N) is 1. The highest BCUT2D eigenvalue weighted by molar-refractivity contribution is 6.38. The highest BCUT2D eigenvalue weighted by Crippen LogP contribution is 2.38. The van der Waals surface area contributed by atoms with Crippen LogP contribution in [0.1, 0.15) is 21.6 Å². The summed E-state index contributed by atoms with van der Waals surface area (Å²) in [6.45, 7) is 0. The molecule has 0 saturated heterocycles. The zero-order chi connectivity index (χ0) is 27.9. The number of rotatable bonds is 5. The number of hydrogen-bond donors (Lipinski definition) is 2. The molecule has 0 aliphatic carbocycles. The Morgan fingerprint density at radius 3 is 2.28 bits per heavy atom. The predicted molar refractivity (Wildman–Crippen MR) is 142 cm³/mol. The minimum Gasteiger partial charge on any atom is -0.402 e. The Morgan fingerprint density at radius 1 is 0.949 bits per heavy atom. The number of anilines is 1. The average molecular weight is 531 g/mol. The second-order valence-electron chi connectivity index (χ2n) is 9.27. The van der Waals surface area contributed by atoms with Gasteiger partial charge in [-0.1, -0.05) is 30.3 Å². The molecule has 2 aromatic carbocycles. The number of hydrogen-bond acceptors (Lipinski definition) is 5. The molecule has 13 heteroatoms. The molecule has 3 heterocycles. The SMILES string of the molecule is BC(B)(O)c1cnc2c(NC(=O)c3cc(-c4ncccn4)c(C(F)(F)F)cc3F)c(-c3ccccc3)ccn12. The topological polar surface area (TPSA) is 92.4 Å². The lowest BCUT2D eigenvalue weighted by atomic mass is 9.63. The molecule has 0 unspecified atom stereocenters. The summed E-state index contributed by atoms with van der Waals surface area (Å²) >= 11 is 0. The first-order valence-corrected chi connectivity index (χ1v) is 11.7. The van der Waals surface area contributed by atoms with Crippen LogP contribution in [0.2, 0.25) is 0 Å². The van der Waals surface area contributed by atoms with E-state index < -0.39 is 40.0 Å². The second kappa shape index (κ2) is 9.66. The van der Waals surface area contributed by atoms with Crippen LogP contribution in [0, 0.1) is 5.82 Å². The molecule has 0 aliphatic rings. The van der Waals surface area contributed by atoms with E-state index in [-0.39, 0.29) is 23.2 Å². The first-order valence-electron chi connectivity index (χ1n) is 11.7. The maximum atomic E-state index is 15.1. The Labute approximate surface area is 221 Å². The molecule has 1 amide bonds. The van der Waals surface area contributed by atoms with Gasteiger partial charge in [-0.25, -0.2) is 19.3 Å². The van der Waals surface area contributed by atoms with E-state index in [4.69, 9.17) is 0 Å². The fraction of sp³-hybridized carbons (Fsp3) is 0.0769. The van der Waals surface area contributed by atoms with Crippen molar-refractivity contribution in [3.63, 3.8) is 0 Å². The minimum absolute atomic E-state index is 0.181. The summed E-state index contributed by atoms with van der Waals surface area (Å²) in [7, 11) is 3.15. The van der Waals surface area contributed by atoms with Crippen LogP contribution >= 0.6 is 0 Å². The minimum atomic E-state index is -4.92. The Bertz CT molecular complexity index is 1690. The molecular weight excluding hydrogens is 512 g/mol. The average Bonchev–Trinajstić information content (AvgIpc) is 3.35. The van der Waals surface area contributed by atoms with E-state index in [9.17, 15) is 23.1 Å². The van der Waals surface area contributed by atoms with Gasteiger partial charge in [0.25, 0.3) is 5.91 Å². The Morgan fingerprint density at radius 2 is 1.64 bits per heavy atom. The van der Waals surface area contributed by atoms with E-state index in [1.54, 1.807) is 56.6 Å². The predicted octanol–water partition coefficient (Wildman–Crippen LogP) is 3.24. The van der Waals surface area contributed by atoms with Crippen LogP contribution in [0.5, 0.6) is 0 Å². The summed E-state index contributed by atoms with van der Waals surface area (Å²) < 4.78 is 57.9. The summed E-state index contributed by atoms with van der Waals surface area (Å²) in [5.41, 5.74) is -0.392. The number of alkyl halides is 3. The second-order valence-corrected chi connectivity index (χ2v) is 9.27. The molecule has 194 valence electrons. The van der Waals surface area contributed by atoms with Crippen molar-refractivity contribution < 1.29 is 27.5 Å². The number of carbonyl (C=O) groups excluding carboxylic acids is 1. The van der Waals surface area contributed by atoms with Crippen molar-refractivity contribution in [3.8, 4) is 22.5 Å². The van der Waals surface area contributed by atoms with Crippen LogP contribution < -0.4 is 5.32 Å². The maximum Gasteiger partial charge on any atom is 0.417 e. The highest BCUT2D eigenvalue weighted by atomic mass is 19.4. The summed E-state index contributed by atoms with van der Waals surface area (Å²) in [6.07, 6.45) is 0.703. The molecule has 3 aromatic heterocycles. The standard InChI is InChI=1S/C26H19B2F4N5O2/c27-25(28,39)20-13-35-23-21(15(7-10-37(20)23)14-5-2-1-3-6-14)36-24(38)17-11-16(22-33-8-4-9-34-22)18(12-19(17)29)26(30,31)32/h1-13,39H,27-28H2,(H,36,38). The summed E-state index contributed by atoms with van der Waals surface area (Å²) in [6, 6.07) is 13.2. The van der Waals surface area contributed by atoms with E-state index in [2.05, 4.69) is 20.3 Å². The molecule has 0 atom stereocenters. The smallest absolute Gasteiger partial charge is 0.402 e. The molecule has 2 N–H and O–H groups in total. The molecule has 0 bridgehead atoms. The first kappa shape index (κ1) is 26.1. The molecule has 0 saturated carbocycles. The summed E-state index contributed by atoms with van der Waals surface area (Å²) in [4.78, 5) is 25.5. The molecule has 0 radical (unpaired) electrons. The number of halogens is 4. The van der Waals surface area contributed by atoms with Gasteiger partial charge in [-0.2, -0.15) is 13.2 Å². The van der Waals surface area contributed by atoms with Crippen LogP contribution in [0.25, 0.3) is 28.2 Å². The van der Waals surface area contributed by atoms with Crippen molar-refractivity contribution in [3.05, 3.63) is 102 Å². The van der Waals surface area contributed by atoms with E-state index in [1.807, 2.05) is 6.07 Å². The highest BCUT2D eigenvalue weighted by Gasteiger charge is 2.36. The van der Waals surface area contributed by atoms with Crippen LogP contribution in [-0.2, 0) is 11.6 Å². The van der Waals surface area contributed by atoms with Crippen molar-refractivity contribution in [1.29, 1.82) is 0 Å². The van der Waals surface area contributed by atoms with Gasteiger partial charge in [0, 0.05) is 35.1 Å². The monoisotopic (exact) mass is 531 g/mol. The molecule has 0 aliphatic heterocycles. The number of aliphatic hydroxyl groups is 1. The Hall–Kier alpha value is -4.51. The van der Waals surface area contributed by atoms with Gasteiger partial charge in [-0.3, -0.25) is 4.79 Å². The van der Waals surface area contributed by atoms with Gasteiger partial charge in [0.2, 0.25) is 0 Å². The Kier molecular flexibility index (Phi) is 6.47. The number of imidazole rings is 1. The molecule has 39 heavy (non-hydrogen) atoms. The lowest BCUT2D eigenvalue weighted by Gasteiger charge is -2.19. The molecule has 5 aromatic rings. The number of aromatic nitrogens is 4. The normalized spacial score (nSPS) is 12.0. The van der Waals surface area contributed by atoms with Gasteiger partial charge in [0.1, 0.15) is 21.5 Å². The third-order valence-corrected chi connectivity index (χ3v) is 6.09. The van der Waals surface area contributed by atoms with Crippen LogP contribution in [0.15, 0.2) is 79.4 Å². The number of nitrogens with zero attached hydrogens (tertiary/aromatic N) is 4. The first-order chi connectivity index (χ1) is 18.4. The summed E-state index contributed by atoms with van der Waals surface area (Å²) in [5, 5.41) is 11.9. The number of carbonyl (C=O) groups is 1. The molecule has 0 spiro atoms. The van der Waals surface area contributed by atoms with Gasteiger partial charge in [0.05, 0.1) is 28.7 Å². The lowest BCUT2D eigenvalue weighted by molar-refractivity contribution is -0.137. The number of benzene rings is 2. The largest absolute Gasteiger partial charge is 0.417 e. The van der Waals surface area contributed by atoms with E-state index >= 15 is 4.39 Å². The molecule has 5 rings (SSSR count). The van der Waals surface area contributed by atoms with Crippen molar-refractivity contribution >= 4 is 32.9 Å². The number of pyridine rings is 1. The third-order valence-electron chi connectivity index (χ3n) is 6.09. The van der Waals surface area contributed by atoms with Crippen LogP contribution in [-0.4, -0.2) is 46.1 Å². The molecule has 7 nitrogen and oxygen atoms in total. The third kappa shape index (κ3) is 5.00. The van der Waals surface area contributed by atoms with E-state index in [0.717, 1.165) is 6.07 Å². The van der Waals surface area contributed by atoms with E-state index in [1.165, 1.54) is 24.7 Å². The van der Waals surface area contributed by atoms with Crippen molar-refractivity contribution in [2.75, 3.05) is 5.32 Å². The van der Waals surface area contributed by atoms with Gasteiger partial charge in [-0.15, -0.1) is 0 Å². The maximum absolute atomic E-state index is 15.1. The summed E-state index contributed by atoms with van der Waals surface area (Å²) in [5.74, 6) is -2.68. The molecule has 0 fully saturated rings. The van der Waals surface area contributed by atoms with Crippen molar-refractivity contribution in [2.45, 2.75) is 11.6 Å². The number of fused-ring (bicyclic) bond motifs is 1. The van der Waals surface area contributed by atoms with Crippen molar-refractivity contribution in [2.24, 2.45) is 0 Å². The van der Waals surface area contributed by atoms with Gasteiger partial charge in [0.15, 0.2) is 11.5 Å². The van der Waals surface area contributed by atoms with E-state index in [0.29, 0.717) is 16.8 Å². The van der Waals surface area contributed by atoms with Gasteiger partial charge >= 0.3 is 6.18 Å². The Balaban J connectivity index is 1.67. The molecular formula is C26H19B2F4N5O2.